The number of nitrogens with one attached hydrogen (secondary N) is 1. The minimum absolute atomic E-state index is 0.0108. The lowest BCUT2D eigenvalue weighted by Gasteiger charge is -2.49. The van der Waals surface area contributed by atoms with Crippen LogP contribution in [-0.4, -0.2) is 56.0 Å². The Morgan fingerprint density at radius 2 is 1.65 bits per heavy atom. The second kappa shape index (κ2) is 11.0. The quantitative estimate of drug-likeness (QED) is 0.328. The van der Waals surface area contributed by atoms with Crippen LogP contribution in [0.1, 0.15) is 57.4 Å². The minimum atomic E-state index is -0.913. The molecule has 40 heavy (non-hydrogen) atoms. The average Bonchev–Trinajstić information content (AvgIpc) is 2.92. The lowest BCUT2D eigenvalue weighted by atomic mass is 9.63. The van der Waals surface area contributed by atoms with Crippen LogP contribution in [0.15, 0.2) is 60.7 Å². The minimum Gasteiger partial charge on any atom is -0.465 e. The number of nitrogens with two attached hydrogens (primary N) is 1. The van der Waals surface area contributed by atoms with E-state index < -0.39 is 17.2 Å². The number of anilines is 1. The van der Waals surface area contributed by atoms with Gasteiger partial charge in [-0.1, -0.05) is 54.6 Å². The number of hydrogen-bond acceptors (Lipinski definition) is 6. The molecule has 2 aliphatic rings. The van der Waals surface area contributed by atoms with E-state index >= 15 is 0 Å². The fourth-order valence-corrected chi connectivity index (χ4v) is 6.32. The van der Waals surface area contributed by atoms with Crippen LogP contribution >= 0.6 is 0 Å². The van der Waals surface area contributed by atoms with E-state index in [1.807, 2.05) is 60.7 Å². The Kier molecular flexibility index (Phi) is 7.61. The molecule has 210 valence electrons. The van der Waals surface area contributed by atoms with E-state index in [0.29, 0.717) is 30.8 Å². The Morgan fingerprint density at radius 3 is 2.25 bits per heavy atom. The highest BCUT2D eigenvalue weighted by Gasteiger charge is 2.49. The first kappa shape index (κ1) is 27.7. The number of benzene rings is 2. The average molecular weight is 544 g/mol. The molecular weight excluding hydrogens is 506 g/mol. The SMILES string of the molecule is CN(C(=O)O)C1CCC(CC(=O)Nc2cc(-c3ccccc3)c(-c3ccc(C4(N)CC(C)(O)C4)cc3)nn2)CC1. The number of nitrogens with zero attached hydrogens (tertiary/aromatic N) is 3. The van der Waals surface area contributed by atoms with Crippen molar-refractivity contribution in [3.8, 4) is 22.4 Å². The van der Waals surface area contributed by atoms with Gasteiger partial charge in [-0.25, -0.2) is 4.79 Å². The Labute approximate surface area is 234 Å². The van der Waals surface area contributed by atoms with Crippen LogP contribution in [0.4, 0.5) is 10.6 Å². The number of carbonyl (C=O) groups excluding carboxylic acids is 1. The van der Waals surface area contributed by atoms with Gasteiger partial charge in [0.2, 0.25) is 5.91 Å². The summed E-state index contributed by atoms with van der Waals surface area (Å²) in [5, 5.41) is 31.2. The zero-order valence-corrected chi connectivity index (χ0v) is 23.0. The van der Waals surface area contributed by atoms with Crippen molar-refractivity contribution in [2.45, 2.75) is 69.1 Å². The normalized spacial score (nSPS) is 26.0. The molecule has 2 aromatic carbocycles. The molecule has 0 atom stereocenters. The molecule has 2 aliphatic carbocycles. The van der Waals surface area contributed by atoms with Gasteiger partial charge in [0.15, 0.2) is 5.82 Å². The van der Waals surface area contributed by atoms with E-state index in [1.165, 1.54) is 4.90 Å². The Balaban J connectivity index is 1.30. The van der Waals surface area contributed by atoms with Gasteiger partial charge in [0.05, 0.1) is 5.60 Å². The van der Waals surface area contributed by atoms with E-state index in [1.54, 1.807) is 14.0 Å². The smallest absolute Gasteiger partial charge is 0.407 e. The molecule has 9 heteroatoms. The molecule has 1 heterocycles. The van der Waals surface area contributed by atoms with Gasteiger partial charge in [0.25, 0.3) is 0 Å². The van der Waals surface area contributed by atoms with Gasteiger partial charge in [-0.05, 0) is 68.6 Å². The predicted octanol–water partition coefficient (Wildman–Crippen LogP) is 5.01. The van der Waals surface area contributed by atoms with Crippen molar-refractivity contribution in [3.05, 3.63) is 66.2 Å². The lowest BCUT2D eigenvalue weighted by molar-refractivity contribution is -0.117. The summed E-state index contributed by atoms with van der Waals surface area (Å²) in [5.41, 5.74) is 9.63. The van der Waals surface area contributed by atoms with Crippen LogP contribution in [-0.2, 0) is 10.3 Å². The molecule has 0 saturated heterocycles. The third-order valence-electron chi connectivity index (χ3n) is 8.41. The summed E-state index contributed by atoms with van der Waals surface area (Å²) in [6.07, 6.45) is 3.63. The molecule has 5 rings (SSSR count). The third kappa shape index (κ3) is 6.00. The Morgan fingerprint density at radius 1 is 1.00 bits per heavy atom. The van der Waals surface area contributed by atoms with Crippen LogP contribution < -0.4 is 11.1 Å². The van der Waals surface area contributed by atoms with Crippen LogP contribution in [0, 0.1) is 5.92 Å². The molecule has 9 nitrogen and oxygen atoms in total. The fraction of sp³-hybridized carbons (Fsp3) is 0.419. The largest absolute Gasteiger partial charge is 0.465 e. The molecular formula is C31H37N5O4. The van der Waals surface area contributed by atoms with Crippen molar-refractivity contribution in [2.75, 3.05) is 12.4 Å². The van der Waals surface area contributed by atoms with Crippen molar-refractivity contribution >= 4 is 17.8 Å². The molecule has 0 aliphatic heterocycles. The monoisotopic (exact) mass is 543 g/mol. The molecule has 0 radical (unpaired) electrons. The van der Waals surface area contributed by atoms with Gasteiger partial charge in [-0.2, -0.15) is 0 Å². The van der Waals surface area contributed by atoms with Gasteiger partial charge in [0, 0.05) is 36.2 Å². The molecule has 0 unspecified atom stereocenters. The maximum absolute atomic E-state index is 12.9. The highest BCUT2D eigenvalue weighted by atomic mass is 16.4. The molecule has 0 spiro atoms. The summed E-state index contributed by atoms with van der Waals surface area (Å²) in [5.74, 6) is 0.481. The second-order valence-electron chi connectivity index (χ2n) is 11.8. The van der Waals surface area contributed by atoms with Crippen LogP contribution in [0.2, 0.25) is 0 Å². The summed E-state index contributed by atoms with van der Waals surface area (Å²) >= 11 is 0. The van der Waals surface area contributed by atoms with Crippen LogP contribution in [0.5, 0.6) is 0 Å². The van der Waals surface area contributed by atoms with E-state index in [2.05, 4.69) is 15.5 Å². The van der Waals surface area contributed by atoms with Crippen LogP contribution in [0.25, 0.3) is 22.4 Å². The first-order chi connectivity index (χ1) is 19.0. The molecule has 5 N–H and O–H groups in total. The topological polar surface area (TPSA) is 142 Å². The first-order valence-electron chi connectivity index (χ1n) is 13.8. The summed E-state index contributed by atoms with van der Waals surface area (Å²) in [6.45, 7) is 1.81. The van der Waals surface area contributed by atoms with Crippen molar-refractivity contribution in [3.63, 3.8) is 0 Å². The molecule has 3 aromatic rings. The van der Waals surface area contributed by atoms with Crippen molar-refractivity contribution in [1.29, 1.82) is 0 Å². The fourth-order valence-electron chi connectivity index (χ4n) is 6.32. The highest BCUT2D eigenvalue weighted by molar-refractivity contribution is 5.91. The number of carbonyl (C=O) groups is 2. The van der Waals surface area contributed by atoms with Crippen molar-refractivity contribution < 1.29 is 19.8 Å². The molecule has 2 saturated carbocycles. The van der Waals surface area contributed by atoms with Gasteiger partial charge in [-0.3, -0.25) is 4.79 Å². The van der Waals surface area contributed by atoms with Crippen molar-refractivity contribution in [1.82, 2.24) is 15.1 Å². The number of rotatable bonds is 7. The standard InChI is InChI=1S/C31H37N5O4/c1-30(40)18-31(32,19-30)23-12-10-22(11-13-23)28-25(21-6-4-3-5-7-21)17-26(34-35-28)33-27(37)16-20-8-14-24(15-9-20)36(2)29(38)39/h3-7,10-13,17,20,24,40H,8-9,14-16,18-19,32H2,1-2H3,(H,38,39)(H,33,34,37). The lowest BCUT2D eigenvalue weighted by Crippen LogP contribution is -2.58. The van der Waals surface area contributed by atoms with Gasteiger partial charge >= 0.3 is 6.09 Å². The molecule has 0 bridgehead atoms. The summed E-state index contributed by atoms with van der Waals surface area (Å²) in [4.78, 5) is 25.5. The third-order valence-corrected chi connectivity index (χ3v) is 8.41. The molecule has 1 aromatic heterocycles. The summed E-state index contributed by atoms with van der Waals surface area (Å²) in [6, 6.07) is 19.7. The number of hydrogen-bond donors (Lipinski definition) is 4. The second-order valence-corrected chi connectivity index (χ2v) is 11.8. The zero-order chi connectivity index (χ0) is 28.5. The Bertz CT molecular complexity index is 1360. The maximum Gasteiger partial charge on any atom is 0.407 e. The Hall–Kier alpha value is -3.82. The van der Waals surface area contributed by atoms with E-state index in [0.717, 1.165) is 47.9 Å². The summed E-state index contributed by atoms with van der Waals surface area (Å²) in [7, 11) is 1.61. The number of aromatic nitrogens is 2. The molecule has 2 amide bonds. The van der Waals surface area contributed by atoms with Gasteiger partial charge in [-0.15, -0.1) is 10.2 Å². The van der Waals surface area contributed by atoms with E-state index in [-0.39, 0.29) is 17.9 Å². The number of carboxylic acid groups (broad SMARTS) is 1. The highest BCUT2D eigenvalue weighted by Crippen LogP contribution is 2.46. The predicted molar refractivity (Wildman–Crippen MR) is 153 cm³/mol. The van der Waals surface area contributed by atoms with Crippen LogP contribution in [0.3, 0.4) is 0 Å². The van der Waals surface area contributed by atoms with E-state index in [9.17, 15) is 19.8 Å². The van der Waals surface area contributed by atoms with Crippen molar-refractivity contribution in [2.24, 2.45) is 11.7 Å². The molecule has 2 fully saturated rings. The summed E-state index contributed by atoms with van der Waals surface area (Å²) < 4.78 is 0. The number of aliphatic hydroxyl groups is 1. The first-order valence-corrected chi connectivity index (χ1v) is 13.8. The number of amides is 2. The zero-order valence-electron chi connectivity index (χ0n) is 23.0. The van der Waals surface area contributed by atoms with E-state index in [4.69, 9.17) is 5.73 Å². The van der Waals surface area contributed by atoms with Gasteiger partial charge in [0.1, 0.15) is 5.69 Å². The van der Waals surface area contributed by atoms with Gasteiger partial charge < -0.3 is 26.2 Å². The maximum atomic E-state index is 12.9.